The minimum atomic E-state index is 0.855. The largest absolute Gasteiger partial charge is 0.324 e. The van der Waals surface area contributed by atoms with Gasteiger partial charge in [-0.25, -0.2) is 4.98 Å². The highest BCUT2D eigenvalue weighted by molar-refractivity contribution is 5.55. The maximum atomic E-state index is 4.25. The standard InChI is InChI=1S/C11H14N4/c1-3-15-8-7-13-11(15)14-10-5-4-6-12-9(10)2/h4-8H,3H2,1-2H3,(H,13,14). The summed E-state index contributed by atoms with van der Waals surface area (Å²) in [5, 5.41) is 3.26. The third kappa shape index (κ3) is 1.98. The fourth-order valence-corrected chi connectivity index (χ4v) is 1.43. The topological polar surface area (TPSA) is 42.7 Å². The third-order valence-electron chi connectivity index (χ3n) is 2.31. The Hall–Kier alpha value is -1.84. The zero-order chi connectivity index (χ0) is 10.7. The predicted molar refractivity (Wildman–Crippen MR) is 60.2 cm³/mol. The van der Waals surface area contributed by atoms with E-state index in [1.165, 1.54) is 0 Å². The van der Waals surface area contributed by atoms with E-state index in [4.69, 9.17) is 0 Å². The number of imidazole rings is 1. The van der Waals surface area contributed by atoms with Gasteiger partial charge in [0.15, 0.2) is 0 Å². The van der Waals surface area contributed by atoms with E-state index in [-0.39, 0.29) is 0 Å². The number of anilines is 2. The number of aryl methyl sites for hydroxylation is 2. The predicted octanol–water partition coefficient (Wildman–Crippen LogP) is 2.35. The summed E-state index contributed by atoms with van der Waals surface area (Å²) in [4.78, 5) is 8.46. The van der Waals surface area contributed by atoms with E-state index in [2.05, 4.69) is 22.2 Å². The molecule has 4 heteroatoms. The fourth-order valence-electron chi connectivity index (χ4n) is 1.43. The number of pyridine rings is 1. The Bertz CT molecular complexity index is 447. The van der Waals surface area contributed by atoms with Crippen LogP contribution in [-0.4, -0.2) is 14.5 Å². The number of nitrogens with one attached hydrogen (secondary N) is 1. The molecule has 0 bridgehead atoms. The van der Waals surface area contributed by atoms with E-state index >= 15 is 0 Å². The van der Waals surface area contributed by atoms with Gasteiger partial charge < -0.3 is 9.88 Å². The van der Waals surface area contributed by atoms with Crippen LogP contribution < -0.4 is 5.32 Å². The second kappa shape index (κ2) is 4.13. The molecular formula is C11H14N4. The van der Waals surface area contributed by atoms with Crippen molar-refractivity contribution in [2.24, 2.45) is 0 Å². The van der Waals surface area contributed by atoms with E-state index in [0.717, 1.165) is 23.9 Å². The molecular weight excluding hydrogens is 188 g/mol. The molecule has 0 atom stereocenters. The van der Waals surface area contributed by atoms with Gasteiger partial charge >= 0.3 is 0 Å². The average molecular weight is 202 g/mol. The molecule has 78 valence electrons. The highest BCUT2D eigenvalue weighted by Crippen LogP contribution is 2.16. The molecule has 15 heavy (non-hydrogen) atoms. The number of nitrogens with zero attached hydrogens (tertiary/aromatic N) is 3. The van der Waals surface area contributed by atoms with Gasteiger partial charge in [-0.3, -0.25) is 4.98 Å². The van der Waals surface area contributed by atoms with Crippen molar-refractivity contribution in [2.75, 3.05) is 5.32 Å². The molecule has 0 spiro atoms. The normalized spacial score (nSPS) is 10.3. The molecule has 0 aliphatic rings. The molecule has 2 rings (SSSR count). The van der Waals surface area contributed by atoms with Crippen molar-refractivity contribution in [3.63, 3.8) is 0 Å². The van der Waals surface area contributed by atoms with Crippen LogP contribution >= 0.6 is 0 Å². The van der Waals surface area contributed by atoms with Crippen LogP contribution in [0.1, 0.15) is 12.6 Å². The molecule has 2 aromatic heterocycles. The Labute approximate surface area is 89.0 Å². The smallest absolute Gasteiger partial charge is 0.207 e. The van der Waals surface area contributed by atoms with Crippen LogP contribution in [0.25, 0.3) is 0 Å². The summed E-state index contributed by atoms with van der Waals surface area (Å²) >= 11 is 0. The van der Waals surface area contributed by atoms with Crippen LogP contribution in [0.2, 0.25) is 0 Å². The van der Waals surface area contributed by atoms with Crippen LogP contribution in [0.5, 0.6) is 0 Å². The lowest BCUT2D eigenvalue weighted by Crippen LogP contribution is -2.02. The molecule has 0 aliphatic heterocycles. The first kappa shape index (κ1) is 9.71. The summed E-state index contributed by atoms with van der Waals surface area (Å²) < 4.78 is 2.05. The summed E-state index contributed by atoms with van der Waals surface area (Å²) in [5.74, 6) is 0.855. The van der Waals surface area contributed by atoms with Gasteiger partial charge in [0.05, 0.1) is 11.4 Å². The van der Waals surface area contributed by atoms with E-state index in [1.54, 1.807) is 12.4 Å². The molecule has 0 unspecified atom stereocenters. The van der Waals surface area contributed by atoms with Crippen molar-refractivity contribution in [2.45, 2.75) is 20.4 Å². The Morgan fingerprint density at radius 1 is 1.33 bits per heavy atom. The first-order valence-corrected chi connectivity index (χ1v) is 5.01. The first-order chi connectivity index (χ1) is 7.31. The lowest BCUT2D eigenvalue weighted by Gasteiger charge is -2.09. The molecule has 0 amide bonds. The van der Waals surface area contributed by atoms with Crippen LogP contribution in [0.3, 0.4) is 0 Å². The average Bonchev–Trinajstić information content (AvgIpc) is 2.69. The Balaban J connectivity index is 2.26. The molecule has 1 N–H and O–H groups in total. The molecule has 0 saturated carbocycles. The summed E-state index contributed by atoms with van der Waals surface area (Å²) in [7, 11) is 0. The van der Waals surface area contributed by atoms with Crippen molar-refractivity contribution in [3.8, 4) is 0 Å². The Morgan fingerprint density at radius 3 is 2.93 bits per heavy atom. The Morgan fingerprint density at radius 2 is 2.20 bits per heavy atom. The van der Waals surface area contributed by atoms with Crippen molar-refractivity contribution in [1.82, 2.24) is 14.5 Å². The van der Waals surface area contributed by atoms with E-state index in [1.807, 2.05) is 29.8 Å². The maximum absolute atomic E-state index is 4.25. The zero-order valence-electron chi connectivity index (χ0n) is 8.94. The van der Waals surface area contributed by atoms with Crippen molar-refractivity contribution < 1.29 is 0 Å². The van der Waals surface area contributed by atoms with Crippen LogP contribution in [-0.2, 0) is 6.54 Å². The molecule has 4 nitrogen and oxygen atoms in total. The number of aromatic nitrogens is 3. The first-order valence-electron chi connectivity index (χ1n) is 5.01. The van der Waals surface area contributed by atoms with Gasteiger partial charge in [-0.1, -0.05) is 0 Å². The van der Waals surface area contributed by atoms with Gasteiger partial charge in [-0.2, -0.15) is 0 Å². The highest BCUT2D eigenvalue weighted by atomic mass is 15.2. The summed E-state index contributed by atoms with van der Waals surface area (Å²) in [6, 6.07) is 3.91. The fraction of sp³-hybridized carbons (Fsp3) is 0.273. The van der Waals surface area contributed by atoms with E-state index in [9.17, 15) is 0 Å². The molecule has 2 aromatic rings. The summed E-state index contributed by atoms with van der Waals surface area (Å²) in [5.41, 5.74) is 1.97. The highest BCUT2D eigenvalue weighted by Gasteiger charge is 2.03. The monoisotopic (exact) mass is 202 g/mol. The molecule has 0 radical (unpaired) electrons. The summed E-state index contributed by atoms with van der Waals surface area (Å²) in [6.07, 6.45) is 5.53. The molecule has 0 aromatic carbocycles. The Kier molecular flexibility index (Phi) is 2.67. The SMILES string of the molecule is CCn1ccnc1Nc1cccnc1C. The van der Waals surface area contributed by atoms with Gasteiger partial charge in [0, 0.05) is 25.1 Å². The van der Waals surface area contributed by atoms with Crippen LogP contribution in [0.4, 0.5) is 11.6 Å². The zero-order valence-corrected chi connectivity index (χ0v) is 8.94. The van der Waals surface area contributed by atoms with E-state index < -0.39 is 0 Å². The molecule has 0 aliphatic carbocycles. The van der Waals surface area contributed by atoms with Gasteiger partial charge in [-0.05, 0) is 26.0 Å². The number of hydrogen-bond acceptors (Lipinski definition) is 3. The molecule has 2 heterocycles. The number of rotatable bonds is 3. The van der Waals surface area contributed by atoms with E-state index in [0.29, 0.717) is 0 Å². The van der Waals surface area contributed by atoms with Crippen molar-refractivity contribution in [3.05, 3.63) is 36.4 Å². The van der Waals surface area contributed by atoms with Gasteiger partial charge in [-0.15, -0.1) is 0 Å². The third-order valence-corrected chi connectivity index (χ3v) is 2.31. The second-order valence-corrected chi connectivity index (χ2v) is 3.30. The summed E-state index contributed by atoms with van der Waals surface area (Å²) in [6.45, 7) is 4.96. The van der Waals surface area contributed by atoms with Crippen molar-refractivity contribution in [1.29, 1.82) is 0 Å². The second-order valence-electron chi connectivity index (χ2n) is 3.30. The van der Waals surface area contributed by atoms with Gasteiger partial charge in [0.1, 0.15) is 0 Å². The van der Waals surface area contributed by atoms with Gasteiger partial charge in [0.2, 0.25) is 5.95 Å². The molecule has 0 fully saturated rings. The van der Waals surface area contributed by atoms with Crippen molar-refractivity contribution >= 4 is 11.6 Å². The quantitative estimate of drug-likeness (QED) is 0.830. The minimum Gasteiger partial charge on any atom is -0.324 e. The minimum absolute atomic E-state index is 0.855. The lowest BCUT2D eigenvalue weighted by molar-refractivity contribution is 0.771. The maximum Gasteiger partial charge on any atom is 0.207 e. The van der Waals surface area contributed by atoms with Gasteiger partial charge in [0.25, 0.3) is 0 Å². The molecule has 0 saturated heterocycles. The van der Waals surface area contributed by atoms with Crippen LogP contribution in [0, 0.1) is 6.92 Å². The lowest BCUT2D eigenvalue weighted by atomic mass is 10.3. The van der Waals surface area contributed by atoms with Crippen LogP contribution in [0.15, 0.2) is 30.7 Å². The number of hydrogen-bond donors (Lipinski definition) is 1.